The Morgan fingerprint density at radius 2 is 1.80 bits per heavy atom. The van der Waals surface area contributed by atoms with Crippen molar-refractivity contribution >= 4 is 11.6 Å². The van der Waals surface area contributed by atoms with Gasteiger partial charge < -0.3 is 9.64 Å². The molecule has 1 amide bonds. The molecule has 30 heavy (non-hydrogen) atoms. The standard InChI is InChI=1S/C25H29N3O2/c1-17-15-18(2)27(26-17)16-20-5-7-22(8-6-20)25(29)28(19(3)21-9-10-21)23-11-13-24(30-4)14-12-23/h5-8,11-15,19,21H,9-10,16H2,1-4H3/t19-/m0/s1. The number of aromatic nitrogens is 2. The number of ether oxygens (including phenoxy) is 1. The van der Waals surface area contributed by atoms with E-state index < -0.39 is 0 Å². The molecule has 0 spiro atoms. The number of benzene rings is 2. The van der Waals surface area contributed by atoms with Crippen molar-refractivity contribution in [3.63, 3.8) is 0 Å². The second kappa shape index (κ2) is 8.34. The summed E-state index contributed by atoms with van der Waals surface area (Å²) >= 11 is 0. The number of carbonyl (C=O) groups excluding carboxylic acids is 1. The molecule has 0 saturated heterocycles. The van der Waals surface area contributed by atoms with E-state index in [0.717, 1.165) is 28.4 Å². The van der Waals surface area contributed by atoms with Crippen LogP contribution >= 0.6 is 0 Å². The summed E-state index contributed by atoms with van der Waals surface area (Å²) in [6.07, 6.45) is 2.37. The number of nitrogens with zero attached hydrogens (tertiary/aromatic N) is 3. The Kier molecular flexibility index (Phi) is 5.62. The zero-order valence-electron chi connectivity index (χ0n) is 18.1. The lowest BCUT2D eigenvalue weighted by Gasteiger charge is -2.30. The van der Waals surface area contributed by atoms with Gasteiger partial charge in [-0.25, -0.2) is 0 Å². The number of amides is 1. The molecular formula is C25H29N3O2. The van der Waals surface area contributed by atoms with Crippen LogP contribution in [0.15, 0.2) is 54.6 Å². The van der Waals surface area contributed by atoms with Crippen LogP contribution in [0.2, 0.25) is 0 Å². The third-order valence-electron chi connectivity index (χ3n) is 5.92. The Labute approximate surface area is 178 Å². The van der Waals surface area contributed by atoms with Crippen LogP contribution in [-0.2, 0) is 6.54 Å². The molecule has 5 nitrogen and oxygen atoms in total. The molecule has 1 saturated carbocycles. The van der Waals surface area contributed by atoms with Crippen LogP contribution in [0.3, 0.4) is 0 Å². The van der Waals surface area contributed by atoms with Crippen LogP contribution < -0.4 is 9.64 Å². The van der Waals surface area contributed by atoms with Gasteiger partial charge in [-0.2, -0.15) is 5.10 Å². The molecule has 1 fully saturated rings. The second-order valence-corrected chi connectivity index (χ2v) is 8.23. The summed E-state index contributed by atoms with van der Waals surface area (Å²) < 4.78 is 7.27. The van der Waals surface area contributed by atoms with E-state index in [1.54, 1.807) is 7.11 Å². The molecule has 0 unspecified atom stereocenters. The first-order valence-electron chi connectivity index (χ1n) is 10.5. The fraction of sp³-hybridized carbons (Fsp3) is 0.360. The lowest BCUT2D eigenvalue weighted by atomic mass is 10.1. The third kappa shape index (κ3) is 4.25. The maximum atomic E-state index is 13.5. The summed E-state index contributed by atoms with van der Waals surface area (Å²) in [7, 11) is 1.65. The first-order chi connectivity index (χ1) is 14.5. The lowest BCUT2D eigenvalue weighted by Crippen LogP contribution is -2.40. The van der Waals surface area contributed by atoms with Crippen LogP contribution in [0.4, 0.5) is 5.69 Å². The Balaban J connectivity index is 1.56. The largest absolute Gasteiger partial charge is 0.497 e. The summed E-state index contributed by atoms with van der Waals surface area (Å²) in [5.41, 5.74) is 4.89. The number of hydrogen-bond acceptors (Lipinski definition) is 3. The highest BCUT2D eigenvalue weighted by atomic mass is 16.5. The average Bonchev–Trinajstić information content (AvgIpc) is 3.55. The number of carbonyl (C=O) groups is 1. The molecule has 0 aliphatic heterocycles. The van der Waals surface area contributed by atoms with Gasteiger partial charge in [0.2, 0.25) is 0 Å². The SMILES string of the molecule is COc1ccc(N(C(=O)c2ccc(Cn3nc(C)cc3C)cc2)[C@@H](C)C2CC2)cc1. The van der Waals surface area contributed by atoms with Crippen molar-refractivity contribution in [3.8, 4) is 5.75 Å². The molecule has 2 aromatic carbocycles. The average molecular weight is 404 g/mol. The minimum Gasteiger partial charge on any atom is -0.497 e. The van der Waals surface area contributed by atoms with E-state index in [0.29, 0.717) is 18.0 Å². The van der Waals surface area contributed by atoms with Crippen molar-refractivity contribution < 1.29 is 9.53 Å². The van der Waals surface area contributed by atoms with Gasteiger partial charge in [-0.1, -0.05) is 12.1 Å². The van der Waals surface area contributed by atoms with Gasteiger partial charge in [-0.05, 0) is 87.6 Å². The highest BCUT2D eigenvalue weighted by Crippen LogP contribution is 2.38. The van der Waals surface area contributed by atoms with Crippen LogP contribution in [0.5, 0.6) is 5.75 Å². The van der Waals surface area contributed by atoms with E-state index in [-0.39, 0.29) is 11.9 Å². The molecule has 5 heteroatoms. The molecule has 1 atom stereocenters. The zero-order chi connectivity index (χ0) is 21.3. The number of anilines is 1. The molecule has 0 N–H and O–H groups in total. The van der Waals surface area contributed by atoms with E-state index >= 15 is 0 Å². The van der Waals surface area contributed by atoms with Gasteiger partial charge in [0, 0.05) is 23.0 Å². The monoisotopic (exact) mass is 403 g/mol. The number of hydrogen-bond donors (Lipinski definition) is 0. The summed E-state index contributed by atoms with van der Waals surface area (Å²) in [6, 6.07) is 17.9. The maximum Gasteiger partial charge on any atom is 0.258 e. The van der Waals surface area contributed by atoms with E-state index in [2.05, 4.69) is 25.0 Å². The van der Waals surface area contributed by atoms with Crippen molar-refractivity contribution in [1.82, 2.24) is 9.78 Å². The highest BCUT2D eigenvalue weighted by Gasteiger charge is 2.35. The second-order valence-electron chi connectivity index (χ2n) is 8.23. The van der Waals surface area contributed by atoms with Gasteiger partial charge in [-0.15, -0.1) is 0 Å². The van der Waals surface area contributed by atoms with E-state index in [9.17, 15) is 4.79 Å². The van der Waals surface area contributed by atoms with Gasteiger partial charge in [0.15, 0.2) is 0 Å². The topological polar surface area (TPSA) is 47.4 Å². The Morgan fingerprint density at radius 3 is 2.33 bits per heavy atom. The predicted octanol–water partition coefficient (Wildman–Crippen LogP) is 5.00. The number of aryl methyl sites for hydroxylation is 2. The molecule has 1 aliphatic rings. The van der Waals surface area contributed by atoms with Gasteiger partial charge in [0.05, 0.1) is 19.3 Å². The first-order valence-corrected chi connectivity index (χ1v) is 10.5. The van der Waals surface area contributed by atoms with Crippen LogP contribution in [0.1, 0.15) is 47.1 Å². The van der Waals surface area contributed by atoms with E-state index in [1.165, 1.54) is 12.8 Å². The number of methoxy groups -OCH3 is 1. The third-order valence-corrected chi connectivity index (χ3v) is 5.92. The summed E-state index contributed by atoms with van der Waals surface area (Å²) in [4.78, 5) is 15.4. The Bertz CT molecular complexity index is 1020. The zero-order valence-corrected chi connectivity index (χ0v) is 18.1. The van der Waals surface area contributed by atoms with E-state index in [4.69, 9.17) is 4.74 Å². The fourth-order valence-corrected chi connectivity index (χ4v) is 3.97. The molecule has 1 aliphatic carbocycles. The van der Waals surface area contributed by atoms with Crippen molar-refractivity contribution in [2.75, 3.05) is 12.0 Å². The molecule has 1 heterocycles. The minimum absolute atomic E-state index is 0.0391. The summed E-state index contributed by atoms with van der Waals surface area (Å²) in [5.74, 6) is 1.40. The summed E-state index contributed by atoms with van der Waals surface area (Å²) in [5, 5.41) is 4.53. The van der Waals surface area contributed by atoms with Crippen LogP contribution in [-0.4, -0.2) is 28.8 Å². The molecular weight excluding hydrogens is 374 g/mol. The lowest BCUT2D eigenvalue weighted by molar-refractivity contribution is 0.0975. The smallest absolute Gasteiger partial charge is 0.258 e. The van der Waals surface area contributed by atoms with Gasteiger partial charge >= 0.3 is 0 Å². The molecule has 0 radical (unpaired) electrons. The normalized spacial score (nSPS) is 14.4. The van der Waals surface area contributed by atoms with Crippen molar-refractivity contribution in [1.29, 1.82) is 0 Å². The van der Waals surface area contributed by atoms with Gasteiger partial charge in [0.1, 0.15) is 5.75 Å². The van der Waals surface area contributed by atoms with Crippen LogP contribution in [0, 0.1) is 19.8 Å². The molecule has 0 bridgehead atoms. The van der Waals surface area contributed by atoms with Crippen molar-refractivity contribution in [2.24, 2.45) is 5.92 Å². The predicted molar refractivity (Wildman–Crippen MR) is 119 cm³/mol. The van der Waals surface area contributed by atoms with Gasteiger partial charge in [-0.3, -0.25) is 9.48 Å². The Hall–Kier alpha value is -3.08. The van der Waals surface area contributed by atoms with E-state index in [1.807, 2.05) is 65.0 Å². The molecule has 1 aromatic heterocycles. The molecule has 4 rings (SSSR count). The first kappa shape index (κ1) is 20.2. The number of rotatable bonds is 7. The molecule has 3 aromatic rings. The minimum atomic E-state index is 0.0391. The van der Waals surface area contributed by atoms with Crippen molar-refractivity contribution in [2.45, 2.75) is 46.2 Å². The maximum absolute atomic E-state index is 13.5. The molecule has 156 valence electrons. The Morgan fingerprint density at radius 1 is 1.13 bits per heavy atom. The quantitative estimate of drug-likeness (QED) is 0.558. The van der Waals surface area contributed by atoms with Crippen molar-refractivity contribution in [3.05, 3.63) is 77.1 Å². The fourth-order valence-electron chi connectivity index (χ4n) is 3.97. The van der Waals surface area contributed by atoms with Crippen LogP contribution in [0.25, 0.3) is 0 Å². The highest BCUT2D eigenvalue weighted by molar-refractivity contribution is 6.06. The summed E-state index contributed by atoms with van der Waals surface area (Å²) in [6.45, 7) is 6.91. The van der Waals surface area contributed by atoms with Gasteiger partial charge in [0.25, 0.3) is 5.91 Å².